The molecule has 0 atom stereocenters. The van der Waals surface area contributed by atoms with Gasteiger partial charge < -0.3 is 9.24 Å². The Morgan fingerprint density at radius 1 is 1.47 bits per heavy atom. The minimum Gasteiger partial charge on any atom is -0.338 e. The van der Waals surface area contributed by atoms with Crippen LogP contribution in [0.2, 0.25) is 0 Å². The molecule has 0 unspecified atom stereocenters. The van der Waals surface area contributed by atoms with Gasteiger partial charge >= 0.3 is 0 Å². The van der Waals surface area contributed by atoms with Crippen LogP contribution < -0.4 is 0 Å². The normalized spacial score (nSPS) is 11.1. The molecule has 0 spiro atoms. The summed E-state index contributed by atoms with van der Waals surface area (Å²) in [4.78, 5) is 8.15. The van der Waals surface area contributed by atoms with Crippen LogP contribution in [0.4, 0.5) is 0 Å². The van der Waals surface area contributed by atoms with Crippen molar-refractivity contribution in [2.45, 2.75) is 6.42 Å². The van der Waals surface area contributed by atoms with Crippen molar-refractivity contribution in [3.05, 3.63) is 36.3 Å². The maximum absolute atomic E-state index is 8.51. The molecule has 5 heteroatoms. The van der Waals surface area contributed by atoms with E-state index >= 15 is 0 Å². The maximum Gasteiger partial charge on any atom is 0.249 e. The van der Waals surface area contributed by atoms with Crippen molar-refractivity contribution in [1.29, 1.82) is 5.26 Å². The first-order valence-corrected chi connectivity index (χ1v) is 4.37. The van der Waals surface area contributed by atoms with Gasteiger partial charge in [-0.1, -0.05) is 6.07 Å². The summed E-state index contributed by atoms with van der Waals surface area (Å²) in [6.07, 6.45) is 5.43. The molecule has 2 aromatic rings. The van der Waals surface area contributed by atoms with E-state index in [1.807, 2.05) is 28.8 Å². The first-order valence-electron chi connectivity index (χ1n) is 4.37. The number of fused-ring (bicyclic) bond motifs is 1. The monoisotopic (exact) mass is 200 g/mol. The topological polar surface area (TPSA) is 66.0 Å². The van der Waals surface area contributed by atoms with E-state index in [0.717, 1.165) is 11.3 Å². The lowest BCUT2D eigenvalue weighted by Crippen LogP contribution is -1.89. The maximum atomic E-state index is 8.51. The molecule has 15 heavy (non-hydrogen) atoms. The van der Waals surface area contributed by atoms with Crippen molar-refractivity contribution < 1.29 is 4.84 Å². The standard InChI is InChI=1S/C9H7N3.CHNO/c10-5-4-8-7-11-9-3-1-2-6-12(8)9;1-2-3-1/h1-3,6-7H,4H2;1H. The number of rotatable bonds is 1. The van der Waals surface area contributed by atoms with E-state index in [-0.39, 0.29) is 0 Å². The zero-order valence-corrected chi connectivity index (χ0v) is 7.87. The fraction of sp³-hybridized carbons (Fsp3) is 0.100. The van der Waals surface area contributed by atoms with E-state index in [0.29, 0.717) is 6.42 Å². The van der Waals surface area contributed by atoms with Crippen molar-refractivity contribution in [2.24, 2.45) is 5.16 Å². The van der Waals surface area contributed by atoms with Crippen LogP contribution in [-0.2, 0) is 11.3 Å². The average molecular weight is 200 g/mol. The summed E-state index contributed by atoms with van der Waals surface area (Å²) in [6.45, 7) is 0. The predicted molar refractivity (Wildman–Crippen MR) is 54.1 cm³/mol. The molecule has 0 fully saturated rings. The van der Waals surface area contributed by atoms with E-state index in [2.05, 4.69) is 21.0 Å². The Morgan fingerprint density at radius 2 is 2.27 bits per heavy atom. The van der Waals surface area contributed by atoms with Crippen LogP contribution in [0.5, 0.6) is 0 Å². The molecule has 0 saturated heterocycles. The Balaban J connectivity index is 0.000000244. The summed E-state index contributed by atoms with van der Waals surface area (Å²) < 4.78 is 1.92. The Labute approximate surface area is 86.2 Å². The van der Waals surface area contributed by atoms with Crippen molar-refractivity contribution in [2.75, 3.05) is 0 Å². The highest BCUT2D eigenvalue weighted by Crippen LogP contribution is 2.05. The molecule has 3 heterocycles. The minimum absolute atomic E-state index is 0.408. The van der Waals surface area contributed by atoms with Crippen LogP contribution in [0, 0.1) is 11.3 Å². The van der Waals surface area contributed by atoms with Gasteiger partial charge in [-0.25, -0.2) is 4.98 Å². The van der Waals surface area contributed by atoms with E-state index in [1.165, 1.54) is 6.40 Å². The van der Waals surface area contributed by atoms with Gasteiger partial charge in [0.2, 0.25) is 6.40 Å². The van der Waals surface area contributed by atoms with Crippen LogP contribution in [-0.4, -0.2) is 15.8 Å². The van der Waals surface area contributed by atoms with E-state index in [9.17, 15) is 0 Å². The second-order valence-corrected chi connectivity index (χ2v) is 2.83. The van der Waals surface area contributed by atoms with Crippen LogP contribution in [0.3, 0.4) is 0 Å². The lowest BCUT2D eigenvalue weighted by atomic mass is 10.3. The minimum atomic E-state index is 0.408. The van der Waals surface area contributed by atoms with Gasteiger partial charge in [-0.15, -0.1) is 0 Å². The van der Waals surface area contributed by atoms with Crippen LogP contribution in [0.25, 0.3) is 5.65 Å². The van der Waals surface area contributed by atoms with Gasteiger partial charge in [-0.3, -0.25) is 0 Å². The molecule has 74 valence electrons. The highest BCUT2D eigenvalue weighted by Gasteiger charge is 1.99. The van der Waals surface area contributed by atoms with Gasteiger partial charge in [0.25, 0.3) is 0 Å². The third-order valence-electron chi connectivity index (χ3n) is 1.86. The van der Waals surface area contributed by atoms with Crippen molar-refractivity contribution in [3.63, 3.8) is 0 Å². The molecular formula is C10H8N4O. The molecule has 0 bridgehead atoms. The first-order chi connectivity index (χ1) is 7.42. The van der Waals surface area contributed by atoms with E-state index in [4.69, 9.17) is 5.26 Å². The first kappa shape index (κ1) is 9.21. The molecule has 0 amide bonds. The Hall–Kier alpha value is -2.35. The van der Waals surface area contributed by atoms with Gasteiger partial charge in [0.05, 0.1) is 24.4 Å². The van der Waals surface area contributed by atoms with Crippen LogP contribution in [0.1, 0.15) is 5.69 Å². The lowest BCUT2D eigenvalue weighted by Gasteiger charge is -1.94. The Morgan fingerprint density at radius 3 is 2.93 bits per heavy atom. The molecular weight excluding hydrogens is 192 g/mol. The zero-order chi connectivity index (χ0) is 10.5. The molecule has 2 aromatic heterocycles. The lowest BCUT2D eigenvalue weighted by molar-refractivity contribution is 0.477. The predicted octanol–water partition coefficient (Wildman–Crippen LogP) is 1.36. The summed E-state index contributed by atoms with van der Waals surface area (Å²) >= 11 is 0. The summed E-state index contributed by atoms with van der Waals surface area (Å²) in [6, 6.07) is 7.87. The highest BCUT2D eigenvalue weighted by molar-refractivity contribution is 5.53. The zero-order valence-electron chi connectivity index (χ0n) is 7.87. The largest absolute Gasteiger partial charge is 0.338 e. The smallest absolute Gasteiger partial charge is 0.249 e. The fourth-order valence-corrected chi connectivity index (χ4v) is 1.20. The molecule has 0 aliphatic carbocycles. The quantitative estimate of drug-likeness (QED) is 0.698. The average Bonchev–Trinajstić information content (AvgIpc) is 3.10. The number of pyridine rings is 1. The van der Waals surface area contributed by atoms with Crippen LogP contribution in [0.15, 0.2) is 35.7 Å². The summed E-state index contributed by atoms with van der Waals surface area (Å²) in [5, 5.41) is 11.6. The van der Waals surface area contributed by atoms with Gasteiger partial charge in [0.15, 0.2) is 0 Å². The number of aromatic nitrogens is 2. The third-order valence-corrected chi connectivity index (χ3v) is 1.86. The van der Waals surface area contributed by atoms with Gasteiger partial charge in [-0.05, 0) is 17.3 Å². The number of imidazole rings is 1. The molecule has 0 saturated carbocycles. The number of oxime groups is 1. The molecule has 3 rings (SSSR count). The molecule has 1 aliphatic rings. The fourth-order valence-electron chi connectivity index (χ4n) is 1.20. The SMILES string of the molecule is C1=NO1.N#CCc1cnc2ccccn12. The van der Waals surface area contributed by atoms with Crippen molar-refractivity contribution >= 4 is 12.0 Å². The summed E-state index contributed by atoms with van der Waals surface area (Å²) in [5.74, 6) is 0. The number of hydrogen-bond acceptors (Lipinski definition) is 4. The molecule has 1 aliphatic heterocycles. The van der Waals surface area contributed by atoms with E-state index in [1.54, 1.807) is 6.20 Å². The third kappa shape index (κ3) is 2.31. The van der Waals surface area contributed by atoms with Gasteiger partial charge in [0.1, 0.15) is 5.65 Å². The number of nitriles is 1. The second kappa shape index (κ2) is 4.24. The Kier molecular flexibility index (Phi) is 2.61. The van der Waals surface area contributed by atoms with Gasteiger partial charge in [-0.2, -0.15) is 5.26 Å². The molecule has 0 N–H and O–H groups in total. The molecule has 0 aromatic carbocycles. The summed E-state index contributed by atoms with van der Waals surface area (Å²) in [5.41, 5.74) is 1.83. The van der Waals surface area contributed by atoms with Crippen molar-refractivity contribution in [3.8, 4) is 6.07 Å². The molecule has 5 nitrogen and oxygen atoms in total. The Bertz CT molecular complexity index is 519. The number of nitrogens with zero attached hydrogens (tertiary/aromatic N) is 4. The molecule has 0 radical (unpaired) electrons. The van der Waals surface area contributed by atoms with E-state index < -0.39 is 0 Å². The van der Waals surface area contributed by atoms with Crippen LogP contribution >= 0.6 is 0 Å². The van der Waals surface area contributed by atoms with Crippen molar-refractivity contribution in [1.82, 2.24) is 9.38 Å². The highest BCUT2D eigenvalue weighted by atomic mass is 16.7. The van der Waals surface area contributed by atoms with Gasteiger partial charge in [0, 0.05) is 6.20 Å². The number of hydrogen-bond donors (Lipinski definition) is 0. The summed E-state index contributed by atoms with van der Waals surface area (Å²) in [7, 11) is 0. The second-order valence-electron chi connectivity index (χ2n) is 2.83.